The van der Waals surface area contributed by atoms with E-state index in [2.05, 4.69) is 10.4 Å². The Bertz CT molecular complexity index is 1080. The first-order chi connectivity index (χ1) is 13.8. The Morgan fingerprint density at radius 1 is 1.41 bits per heavy atom. The largest absolute Gasteiger partial charge is 0.452 e. The van der Waals surface area contributed by atoms with Crippen molar-refractivity contribution in [3.05, 3.63) is 57.1 Å². The first-order valence-corrected chi connectivity index (χ1v) is 9.66. The van der Waals surface area contributed by atoms with Gasteiger partial charge in [-0.1, -0.05) is 17.7 Å². The van der Waals surface area contributed by atoms with E-state index in [4.69, 9.17) is 20.8 Å². The number of halogens is 2. The lowest BCUT2D eigenvalue weighted by Crippen LogP contribution is -2.30. The number of amides is 1. The number of thiophene rings is 1. The van der Waals surface area contributed by atoms with Gasteiger partial charge in [-0.25, -0.2) is 9.18 Å². The van der Waals surface area contributed by atoms with E-state index >= 15 is 0 Å². The number of nitrogens with one attached hydrogen (secondary N) is 1. The Morgan fingerprint density at radius 2 is 2.21 bits per heavy atom. The first kappa shape index (κ1) is 20.7. The number of hydrogen-bond donors (Lipinski definition) is 1. The molecular formula is C18H15ClFN3O5S. The summed E-state index contributed by atoms with van der Waals surface area (Å²) in [6, 6.07) is 7.03. The Morgan fingerprint density at radius 3 is 2.90 bits per heavy atom. The van der Waals surface area contributed by atoms with E-state index in [1.807, 2.05) is 5.38 Å². The maximum Gasteiger partial charge on any atom is 0.437 e. The lowest BCUT2D eigenvalue weighted by Gasteiger charge is -2.14. The van der Waals surface area contributed by atoms with Crippen LogP contribution >= 0.6 is 22.9 Å². The molecule has 2 aromatic heterocycles. The minimum Gasteiger partial charge on any atom is -0.452 e. The zero-order valence-corrected chi connectivity index (χ0v) is 16.6. The number of aromatic nitrogens is 2. The third kappa shape index (κ3) is 5.30. The van der Waals surface area contributed by atoms with Crippen LogP contribution in [0.4, 0.5) is 10.1 Å². The molecule has 11 heteroatoms. The summed E-state index contributed by atoms with van der Waals surface area (Å²) < 4.78 is 24.2. The van der Waals surface area contributed by atoms with Crippen LogP contribution in [0.5, 0.6) is 0 Å². The second kappa shape index (κ2) is 9.01. The van der Waals surface area contributed by atoms with E-state index in [9.17, 15) is 18.8 Å². The van der Waals surface area contributed by atoms with E-state index in [0.717, 1.165) is 16.8 Å². The Hall–Kier alpha value is -2.98. The van der Waals surface area contributed by atoms with Crippen LogP contribution in [0, 0.1) is 5.82 Å². The fourth-order valence-electron chi connectivity index (χ4n) is 2.28. The lowest BCUT2D eigenvalue weighted by molar-refractivity contribution is -0.153. The average Bonchev–Trinajstić information content (AvgIpc) is 3.32. The van der Waals surface area contributed by atoms with Crippen LogP contribution in [0.25, 0.3) is 10.8 Å². The van der Waals surface area contributed by atoms with Crippen molar-refractivity contribution in [2.24, 2.45) is 0 Å². The van der Waals surface area contributed by atoms with E-state index in [1.165, 1.54) is 24.3 Å². The van der Waals surface area contributed by atoms with E-state index in [0.29, 0.717) is 4.88 Å². The van der Waals surface area contributed by atoms with Crippen molar-refractivity contribution in [3.63, 3.8) is 0 Å². The first-order valence-electron chi connectivity index (χ1n) is 8.40. The van der Waals surface area contributed by atoms with Crippen molar-refractivity contribution in [3.8, 4) is 10.8 Å². The standard InChI is InChI=1S/C18H15ClFN3O5S/c1-10(16(25)21-13-5-4-11(20)9-12(13)19)27-15(24)6-7-23-18(26)28-17(22-23)14-3-2-8-29-14/h2-5,8-10H,6-7H2,1H3,(H,21,25)/t10-/m0/s1. The molecule has 1 atom stereocenters. The summed E-state index contributed by atoms with van der Waals surface area (Å²) in [5, 5.41) is 8.31. The number of carbonyl (C=O) groups is 2. The number of rotatable bonds is 7. The molecule has 0 saturated heterocycles. The van der Waals surface area contributed by atoms with Gasteiger partial charge in [-0.2, -0.15) is 4.68 Å². The molecule has 0 aliphatic heterocycles. The van der Waals surface area contributed by atoms with E-state index < -0.39 is 29.6 Å². The van der Waals surface area contributed by atoms with Crippen LogP contribution in [0.3, 0.4) is 0 Å². The highest BCUT2D eigenvalue weighted by Gasteiger charge is 2.20. The van der Waals surface area contributed by atoms with Gasteiger partial charge in [0.15, 0.2) is 6.10 Å². The Labute approximate surface area is 172 Å². The van der Waals surface area contributed by atoms with E-state index in [-0.39, 0.29) is 29.6 Å². The van der Waals surface area contributed by atoms with Gasteiger partial charge in [0, 0.05) is 0 Å². The summed E-state index contributed by atoms with van der Waals surface area (Å²) in [5.41, 5.74) is 0.191. The molecular weight excluding hydrogens is 425 g/mol. The van der Waals surface area contributed by atoms with Crippen LogP contribution in [0.15, 0.2) is 44.9 Å². The van der Waals surface area contributed by atoms with E-state index in [1.54, 1.807) is 12.1 Å². The summed E-state index contributed by atoms with van der Waals surface area (Å²) >= 11 is 7.21. The molecule has 0 aliphatic rings. The average molecular weight is 440 g/mol. The van der Waals surface area contributed by atoms with Crippen molar-refractivity contribution in [2.75, 3.05) is 5.32 Å². The maximum atomic E-state index is 13.0. The molecule has 29 heavy (non-hydrogen) atoms. The fraction of sp³-hybridized carbons (Fsp3) is 0.222. The highest BCUT2D eigenvalue weighted by molar-refractivity contribution is 7.13. The number of benzene rings is 1. The quantitative estimate of drug-likeness (QED) is 0.566. The molecule has 0 aliphatic carbocycles. The molecule has 0 saturated carbocycles. The molecule has 8 nitrogen and oxygen atoms in total. The van der Waals surface area contributed by atoms with Crippen LogP contribution in [0.2, 0.25) is 5.02 Å². The molecule has 0 fully saturated rings. The van der Waals surface area contributed by atoms with Gasteiger partial charge in [0.1, 0.15) is 5.82 Å². The highest BCUT2D eigenvalue weighted by Crippen LogP contribution is 2.23. The molecule has 1 amide bonds. The number of hydrogen-bond acceptors (Lipinski definition) is 7. The number of esters is 1. The van der Waals surface area contributed by atoms with Gasteiger partial charge in [0.2, 0.25) is 0 Å². The van der Waals surface area contributed by atoms with Gasteiger partial charge in [-0.05, 0) is 36.6 Å². The van der Waals surface area contributed by atoms with Crippen LogP contribution in [-0.4, -0.2) is 27.8 Å². The molecule has 0 spiro atoms. The predicted molar refractivity (Wildman–Crippen MR) is 104 cm³/mol. The van der Waals surface area contributed by atoms with Gasteiger partial charge in [0.05, 0.1) is 28.6 Å². The van der Waals surface area contributed by atoms with Crippen LogP contribution in [0.1, 0.15) is 13.3 Å². The zero-order chi connectivity index (χ0) is 21.0. The zero-order valence-electron chi connectivity index (χ0n) is 15.1. The third-order valence-electron chi connectivity index (χ3n) is 3.73. The number of ether oxygens (including phenoxy) is 1. The minimum absolute atomic E-state index is 0.0174. The topological polar surface area (TPSA) is 103 Å². The smallest absolute Gasteiger partial charge is 0.437 e. The molecule has 0 bridgehead atoms. The molecule has 0 unspecified atom stereocenters. The van der Waals surface area contributed by atoms with Crippen molar-refractivity contribution in [2.45, 2.75) is 26.0 Å². The van der Waals surface area contributed by atoms with Gasteiger partial charge < -0.3 is 14.5 Å². The summed E-state index contributed by atoms with van der Waals surface area (Å²) in [4.78, 5) is 36.6. The number of aryl methyl sites for hydroxylation is 1. The Kier molecular flexibility index (Phi) is 6.45. The third-order valence-corrected chi connectivity index (χ3v) is 4.90. The summed E-state index contributed by atoms with van der Waals surface area (Å²) in [6.07, 6.45) is -1.31. The van der Waals surface area contributed by atoms with Crippen molar-refractivity contribution >= 4 is 40.5 Å². The lowest BCUT2D eigenvalue weighted by atomic mass is 10.3. The van der Waals surface area contributed by atoms with Crippen molar-refractivity contribution in [1.82, 2.24) is 9.78 Å². The molecule has 1 N–H and O–H groups in total. The monoisotopic (exact) mass is 439 g/mol. The number of nitrogens with zero attached hydrogens (tertiary/aromatic N) is 2. The van der Waals surface area contributed by atoms with Crippen LogP contribution in [-0.2, 0) is 20.9 Å². The Balaban J connectivity index is 1.52. The number of anilines is 1. The fourth-order valence-corrected chi connectivity index (χ4v) is 3.14. The van der Waals surface area contributed by atoms with Crippen molar-refractivity contribution < 1.29 is 23.1 Å². The van der Waals surface area contributed by atoms with Crippen LogP contribution < -0.4 is 11.1 Å². The van der Waals surface area contributed by atoms with Gasteiger partial charge in [-0.3, -0.25) is 9.59 Å². The number of carbonyl (C=O) groups excluding carboxylic acids is 2. The molecule has 0 radical (unpaired) electrons. The van der Waals surface area contributed by atoms with Gasteiger partial charge >= 0.3 is 11.7 Å². The molecule has 3 aromatic rings. The predicted octanol–water partition coefficient (Wildman–Crippen LogP) is 3.32. The maximum absolute atomic E-state index is 13.0. The molecule has 3 rings (SSSR count). The molecule has 2 heterocycles. The van der Waals surface area contributed by atoms with Gasteiger partial charge in [0.25, 0.3) is 11.8 Å². The summed E-state index contributed by atoms with van der Waals surface area (Å²) in [6.45, 7) is 1.31. The molecule has 1 aromatic carbocycles. The van der Waals surface area contributed by atoms with Crippen molar-refractivity contribution in [1.29, 1.82) is 0 Å². The normalized spacial score (nSPS) is 11.8. The second-order valence-corrected chi connectivity index (χ2v) is 7.22. The second-order valence-electron chi connectivity index (χ2n) is 5.87. The SMILES string of the molecule is C[C@H](OC(=O)CCn1nc(-c2cccs2)oc1=O)C(=O)Nc1ccc(F)cc1Cl. The highest BCUT2D eigenvalue weighted by atomic mass is 35.5. The summed E-state index contributed by atoms with van der Waals surface area (Å²) in [7, 11) is 0. The molecule has 152 valence electrons. The minimum atomic E-state index is -1.13. The summed E-state index contributed by atoms with van der Waals surface area (Å²) in [5.74, 6) is -2.41. The van der Waals surface area contributed by atoms with Gasteiger partial charge in [-0.15, -0.1) is 16.4 Å².